The van der Waals surface area contributed by atoms with E-state index in [4.69, 9.17) is 4.74 Å². The number of benzene rings is 2. The number of nitrogens with zero attached hydrogens (tertiary/aromatic N) is 1. The van der Waals surface area contributed by atoms with Crippen molar-refractivity contribution < 1.29 is 9.53 Å². The molecule has 0 aliphatic rings. The molecule has 1 unspecified atom stereocenters. The Morgan fingerprint density at radius 2 is 1.50 bits per heavy atom. The van der Waals surface area contributed by atoms with Gasteiger partial charge in [0.05, 0.1) is 13.5 Å². The van der Waals surface area contributed by atoms with Crippen molar-refractivity contribution in [2.24, 2.45) is 0 Å². The first-order valence-electron chi connectivity index (χ1n) is 8.58. The molecule has 3 heteroatoms. The summed E-state index contributed by atoms with van der Waals surface area (Å²) >= 11 is 0. The summed E-state index contributed by atoms with van der Waals surface area (Å²) in [5.74, 6) is -0.420. The van der Waals surface area contributed by atoms with Crippen LogP contribution in [-0.4, -0.2) is 18.1 Å². The van der Waals surface area contributed by atoms with Gasteiger partial charge in [-0.3, -0.25) is 9.78 Å². The number of esters is 1. The van der Waals surface area contributed by atoms with Crippen molar-refractivity contribution in [1.29, 1.82) is 0 Å². The average Bonchev–Trinajstić information content (AvgIpc) is 2.72. The van der Waals surface area contributed by atoms with Crippen LogP contribution in [0.2, 0.25) is 0 Å². The van der Waals surface area contributed by atoms with Crippen molar-refractivity contribution in [2.75, 3.05) is 7.11 Å². The molecule has 0 aliphatic heterocycles. The number of pyridine rings is 1. The van der Waals surface area contributed by atoms with E-state index in [1.54, 1.807) is 6.20 Å². The summed E-state index contributed by atoms with van der Waals surface area (Å²) in [6, 6.07) is 26.1. The summed E-state index contributed by atoms with van der Waals surface area (Å²) in [6.45, 7) is 0. The van der Waals surface area contributed by atoms with E-state index in [-0.39, 0.29) is 18.3 Å². The van der Waals surface area contributed by atoms with Gasteiger partial charge in [-0.1, -0.05) is 72.8 Å². The normalized spacial score (nSPS) is 11.4. The molecule has 1 heterocycles. The average molecular weight is 343 g/mol. The Morgan fingerprint density at radius 3 is 2.00 bits per heavy atom. The Kier molecular flexibility index (Phi) is 5.94. The number of aromatic nitrogens is 1. The maximum absolute atomic E-state index is 12.0. The molecule has 0 saturated carbocycles. The second kappa shape index (κ2) is 8.77. The van der Waals surface area contributed by atoms with Crippen LogP contribution in [0.25, 0.3) is 5.57 Å². The molecule has 3 rings (SSSR count). The van der Waals surface area contributed by atoms with Crippen molar-refractivity contribution >= 4 is 11.5 Å². The summed E-state index contributed by atoms with van der Waals surface area (Å²) in [5.41, 5.74) is 4.13. The lowest BCUT2D eigenvalue weighted by molar-refractivity contribution is -0.140. The molecule has 0 aliphatic carbocycles. The Morgan fingerprint density at radius 1 is 0.923 bits per heavy atom. The fourth-order valence-corrected chi connectivity index (χ4v) is 2.90. The standard InChI is InChI=1S/C23H21NO2/c1-26-23(25)17-20(22-14-8-9-15-24-22)16-21(18-10-4-2-5-11-18)19-12-6-3-7-13-19/h2-16,20H,17H2,1H3. The number of ether oxygens (including phenoxy) is 1. The molecular formula is C23H21NO2. The van der Waals surface area contributed by atoms with Gasteiger partial charge in [0.2, 0.25) is 0 Å². The van der Waals surface area contributed by atoms with Crippen molar-refractivity contribution in [2.45, 2.75) is 12.3 Å². The zero-order valence-electron chi connectivity index (χ0n) is 14.7. The third kappa shape index (κ3) is 4.45. The minimum atomic E-state index is -0.252. The smallest absolute Gasteiger partial charge is 0.306 e. The minimum Gasteiger partial charge on any atom is -0.469 e. The van der Waals surface area contributed by atoms with Gasteiger partial charge in [-0.15, -0.1) is 0 Å². The molecule has 130 valence electrons. The number of allylic oxidation sites excluding steroid dienone is 1. The quantitative estimate of drug-likeness (QED) is 0.600. The minimum absolute atomic E-state index is 0.168. The van der Waals surface area contributed by atoms with Crippen molar-refractivity contribution in [3.05, 3.63) is 108 Å². The SMILES string of the molecule is COC(=O)CC(C=C(c1ccccc1)c1ccccc1)c1ccccn1. The molecule has 2 aromatic carbocycles. The molecular weight excluding hydrogens is 322 g/mol. The molecule has 0 bridgehead atoms. The molecule has 0 spiro atoms. The van der Waals surface area contributed by atoms with Crippen LogP contribution in [0.15, 0.2) is 91.1 Å². The highest BCUT2D eigenvalue weighted by Gasteiger charge is 2.17. The van der Waals surface area contributed by atoms with Crippen molar-refractivity contribution in [1.82, 2.24) is 4.98 Å². The number of hydrogen-bond acceptors (Lipinski definition) is 3. The molecule has 0 amide bonds. The summed E-state index contributed by atoms with van der Waals surface area (Å²) in [5, 5.41) is 0. The van der Waals surface area contributed by atoms with Gasteiger partial charge in [0, 0.05) is 17.8 Å². The van der Waals surface area contributed by atoms with E-state index < -0.39 is 0 Å². The second-order valence-electron chi connectivity index (χ2n) is 5.95. The lowest BCUT2D eigenvalue weighted by Crippen LogP contribution is -2.09. The van der Waals surface area contributed by atoms with Crippen LogP contribution in [0.5, 0.6) is 0 Å². The number of methoxy groups -OCH3 is 1. The Balaban J connectivity index is 2.09. The van der Waals surface area contributed by atoms with Crippen LogP contribution in [0.3, 0.4) is 0 Å². The van der Waals surface area contributed by atoms with Crippen LogP contribution in [0.1, 0.15) is 29.2 Å². The molecule has 0 fully saturated rings. The predicted molar refractivity (Wildman–Crippen MR) is 104 cm³/mol. The lowest BCUT2D eigenvalue weighted by atomic mass is 9.91. The zero-order chi connectivity index (χ0) is 18.2. The molecule has 1 atom stereocenters. The van der Waals surface area contributed by atoms with Gasteiger partial charge in [-0.2, -0.15) is 0 Å². The van der Waals surface area contributed by atoms with E-state index in [0.717, 1.165) is 22.4 Å². The summed E-state index contributed by atoms with van der Waals surface area (Å²) in [4.78, 5) is 16.4. The van der Waals surface area contributed by atoms with E-state index in [9.17, 15) is 4.79 Å². The molecule has 3 nitrogen and oxygen atoms in total. The third-order valence-corrected chi connectivity index (χ3v) is 4.22. The summed E-state index contributed by atoms with van der Waals surface area (Å²) in [6.07, 6.45) is 4.11. The third-order valence-electron chi connectivity index (χ3n) is 4.22. The van der Waals surface area contributed by atoms with Crippen molar-refractivity contribution in [3.63, 3.8) is 0 Å². The van der Waals surface area contributed by atoms with E-state index in [1.165, 1.54) is 7.11 Å². The van der Waals surface area contributed by atoms with Crippen LogP contribution >= 0.6 is 0 Å². The van der Waals surface area contributed by atoms with Gasteiger partial charge in [-0.25, -0.2) is 0 Å². The molecule has 0 radical (unpaired) electrons. The van der Waals surface area contributed by atoms with Crippen LogP contribution in [0.4, 0.5) is 0 Å². The highest BCUT2D eigenvalue weighted by molar-refractivity contribution is 5.81. The van der Waals surface area contributed by atoms with Gasteiger partial charge < -0.3 is 4.74 Å². The molecule has 1 aromatic heterocycles. The van der Waals surface area contributed by atoms with Crippen LogP contribution in [0, 0.1) is 0 Å². The Bertz CT molecular complexity index is 817. The highest BCUT2D eigenvalue weighted by Crippen LogP contribution is 2.29. The fourth-order valence-electron chi connectivity index (χ4n) is 2.90. The van der Waals surface area contributed by atoms with Gasteiger partial charge >= 0.3 is 5.97 Å². The van der Waals surface area contributed by atoms with Crippen LogP contribution < -0.4 is 0 Å². The first kappa shape index (κ1) is 17.6. The van der Waals surface area contributed by atoms with E-state index in [1.807, 2.05) is 54.6 Å². The van der Waals surface area contributed by atoms with Gasteiger partial charge in [-0.05, 0) is 28.8 Å². The first-order valence-corrected chi connectivity index (χ1v) is 8.58. The molecule has 3 aromatic rings. The monoisotopic (exact) mass is 343 g/mol. The number of rotatable bonds is 6. The number of carbonyl (C=O) groups excluding carboxylic acids is 1. The Hall–Kier alpha value is -3.20. The zero-order valence-corrected chi connectivity index (χ0v) is 14.7. The van der Waals surface area contributed by atoms with E-state index >= 15 is 0 Å². The summed E-state index contributed by atoms with van der Waals surface area (Å²) < 4.78 is 4.90. The maximum Gasteiger partial charge on any atom is 0.306 e. The Labute approximate surface area is 154 Å². The number of carbonyl (C=O) groups is 1. The largest absolute Gasteiger partial charge is 0.469 e. The topological polar surface area (TPSA) is 39.2 Å². The molecule has 26 heavy (non-hydrogen) atoms. The summed E-state index contributed by atoms with van der Waals surface area (Å²) in [7, 11) is 1.41. The highest BCUT2D eigenvalue weighted by atomic mass is 16.5. The van der Waals surface area contributed by atoms with Gasteiger partial charge in [0.1, 0.15) is 0 Å². The second-order valence-corrected chi connectivity index (χ2v) is 5.95. The molecule has 0 saturated heterocycles. The van der Waals surface area contributed by atoms with E-state index in [2.05, 4.69) is 35.3 Å². The van der Waals surface area contributed by atoms with Crippen LogP contribution in [-0.2, 0) is 9.53 Å². The predicted octanol–water partition coefficient (Wildman–Crippen LogP) is 4.86. The first-order chi connectivity index (χ1) is 12.8. The van der Waals surface area contributed by atoms with Gasteiger partial charge in [0.15, 0.2) is 0 Å². The van der Waals surface area contributed by atoms with Gasteiger partial charge in [0.25, 0.3) is 0 Å². The lowest BCUT2D eigenvalue weighted by Gasteiger charge is -2.15. The van der Waals surface area contributed by atoms with E-state index in [0.29, 0.717) is 0 Å². The maximum atomic E-state index is 12.0. The molecule has 0 N–H and O–H groups in total. The fraction of sp³-hybridized carbons (Fsp3) is 0.130. The number of hydrogen-bond donors (Lipinski definition) is 0. The van der Waals surface area contributed by atoms with Crippen molar-refractivity contribution in [3.8, 4) is 0 Å².